The predicted molar refractivity (Wildman–Crippen MR) is 76.0 cm³/mol. The fourth-order valence-corrected chi connectivity index (χ4v) is 4.99. The van der Waals surface area contributed by atoms with Crippen molar-refractivity contribution < 1.29 is 4.79 Å². The zero-order chi connectivity index (χ0) is 14.2. The summed E-state index contributed by atoms with van der Waals surface area (Å²) in [5.41, 5.74) is 0.211. The van der Waals surface area contributed by atoms with Gasteiger partial charge in [0.2, 0.25) is 5.91 Å². The van der Waals surface area contributed by atoms with Gasteiger partial charge in [-0.25, -0.2) is 0 Å². The number of hydrogen-bond acceptors (Lipinski definition) is 4. The van der Waals surface area contributed by atoms with E-state index >= 15 is 0 Å². The lowest BCUT2D eigenvalue weighted by molar-refractivity contribution is -0.136. The molecule has 1 spiro atoms. The van der Waals surface area contributed by atoms with Gasteiger partial charge in [0.05, 0.1) is 22.7 Å². The van der Waals surface area contributed by atoms with Crippen LogP contribution in [0.2, 0.25) is 0 Å². The van der Waals surface area contributed by atoms with Crippen LogP contribution in [0.5, 0.6) is 0 Å². The molecule has 1 atom stereocenters. The molecule has 1 saturated heterocycles. The Hall–Kier alpha value is -1.46. The molecule has 0 bridgehead atoms. The van der Waals surface area contributed by atoms with E-state index < -0.39 is 11.3 Å². The molecule has 0 aromatic heterocycles. The Labute approximate surface area is 123 Å². The molecular weight excluding hydrogens is 270 g/mol. The van der Waals surface area contributed by atoms with Crippen LogP contribution in [0, 0.1) is 34.0 Å². The number of nitriles is 2. The van der Waals surface area contributed by atoms with Crippen LogP contribution < -0.4 is 0 Å². The molecule has 1 aliphatic carbocycles. The molecule has 20 heavy (non-hydrogen) atoms. The molecule has 3 rings (SSSR count). The summed E-state index contributed by atoms with van der Waals surface area (Å²) in [6.45, 7) is 0.653. The Morgan fingerprint density at radius 3 is 2.60 bits per heavy atom. The molecule has 0 aromatic carbocycles. The van der Waals surface area contributed by atoms with E-state index in [2.05, 4.69) is 12.1 Å². The van der Waals surface area contributed by atoms with E-state index in [-0.39, 0.29) is 5.91 Å². The van der Waals surface area contributed by atoms with Gasteiger partial charge in [0, 0.05) is 17.7 Å². The predicted octanol–water partition coefficient (Wildman–Crippen LogP) is 2.79. The minimum absolute atomic E-state index is 0.0735. The quantitative estimate of drug-likeness (QED) is 0.687. The fourth-order valence-electron chi connectivity index (χ4n) is 3.80. The second-order valence-corrected chi connectivity index (χ2v) is 6.85. The molecule has 2 aliphatic heterocycles. The smallest absolute Gasteiger partial charge is 0.245 e. The van der Waals surface area contributed by atoms with Crippen LogP contribution in [-0.2, 0) is 4.79 Å². The van der Waals surface area contributed by atoms with Crippen molar-refractivity contribution in [3.63, 3.8) is 0 Å². The normalized spacial score (nSPS) is 28.8. The van der Waals surface area contributed by atoms with Crippen LogP contribution in [0.4, 0.5) is 0 Å². The SMILES string of the molecule is N#CC1=C2SCCCN2C(=O)[C@H](C#N)C12CCCCC2. The minimum Gasteiger partial charge on any atom is -0.305 e. The lowest BCUT2D eigenvalue weighted by atomic mass is 9.60. The van der Waals surface area contributed by atoms with Gasteiger partial charge in [-0.2, -0.15) is 10.5 Å². The number of nitrogens with zero attached hydrogens (tertiary/aromatic N) is 3. The Morgan fingerprint density at radius 2 is 1.95 bits per heavy atom. The first-order valence-electron chi connectivity index (χ1n) is 7.23. The van der Waals surface area contributed by atoms with Gasteiger partial charge in [-0.05, 0) is 19.3 Å². The molecule has 5 heteroatoms. The standard InChI is InChI=1S/C15H17N3OS/c16-9-11-13(19)18-7-4-8-20-14(18)12(10-17)15(11)5-2-1-3-6-15/h11H,1-8H2/t11-/m0/s1. The zero-order valence-corrected chi connectivity index (χ0v) is 12.2. The van der Waals surface area contributed by atoms with Crippen molar-refractivity contribution >= 4 is 17.7 Å². The highest BCUT2D eigenvalue weighted by Gasteiger charge is 2.54. The molecule has 2 heterocycles. The maximum atomic E-state index is 12.7. The van der Waals surface area contributed by atoms with Gasteiger partial charge in [-0.3, -0.25) is 4.79 Å². The fraction of sp³-hybridized carbons (Fsp3) is 0.667. The van der Waals surface area contributed by atoms with Crippen molar-refractivity contribution in [2.45, 2.75) is 38.5 Å². The maximum absolute atomic E-state index is 12.7. The van der Waals surface area contributed by atoms with E-state index in [1.807, 2.05) is 0 Å². The highest BCUT2D eigenvalue weighted by atomic mass is 32.2. The lowest BCUT2D eigenvalue weighted by Gasteiger charge is -2.47. The van der Waals surface area contributed by atoms with Crippen molar-refractivity contribution in [1.29, 1.82) is 10.5 Å². The zero-order valence-electron chi connectivity index (χ0n) is 11.4. The Morgan fingerprint density at radius 1 is 1.20 bits per heavy atom. The van der Waals surface area contributed by atoms with Crippen molar-refractivity contribution in [2.24, 2.45) is 11.3 Å². The molecule has 104 valence electrons. The number of amides is 1. The third kappa shape index (κ3) is 1.77. The summed E-state index contributed by atoms with van der Waals surface area (Å²) in [4.78, 5) is 14.4. The molecule has 0 radical (unpaired) electrons. The van der Waals surface area contributed by atoms with E-state index in [1.165, 1.54) is 0 Å². The maximum Gasteiger partial charge on any atom is 0.245 e. The largest absolute Gasteiger partial charge is 0.305 e. The van der Waals surface area contributed by atoms with Crippen LogP contribution >= 0.6 is 11.8 Å². The summed E-state index contributed by atoms with van der Waals surface area (Å²) in [5.74, 6) is 0.216. The molecular formula is C15H17N3OS. The average molecular weight is 287 g/mol. The third-order valence-electron chi connectivity index (χ3n) is 4.77. The van der Waals surface area contributed by atoms with E-state index in [9.17, 15) is 15.3 Å². The van der Waals surface area contributed by atoms with Crippen LogP contribution in [-0.4, -0.2) is 23.1 Å². The highest BCUT2D eigenvalue weighted by molar-refractivity contribution is 8.03. The summed E-state index contributed by atoms with van der Waals surface area (Å²) in [6.07, 6.45) is 5.70. The molecule has 0 N–H and O–H groups in total. The Bertz CT molecular complexity index is 548. The average Bonchev–Trinajstić information content (AvgIpc) is 2.49. The first kappa shape index (κ1) is 13.5. The summed E-state index contributed by atoms with van der Waals surface area (Å²) < 4.78 is 0. The van der Waals surface area contributed by atoms with Crippen molar-refractivity contribution in [2.75, 3.05) is 12.3 Å². The van der Waals surface area contributed by atoms with Gasteiger partial charge < -0.3 is 4.90 Å². The van der Waals surface area contributed by atoms with Crippen LogP contribution in [0.1, 0.15) is 38.5 Å². The van der Waals surface area contributed by atoms with Crippen LogP contribution in [0.25, 0.3) is 0 Å². The Balaban J connectivity index is 2.17. The monoisotopic (exact) mass is 287 g/mol. The number of hydrogen-bond donors (Lipinski definition) is 0. The molecule has 0 unspecified atom stereocenters. The summed E-state index contributed by atoms with van der Waals surface area (Å²) in [5, 5.41) is 20.1. The summed E-state index contributed by atoms with van der Waals surface area (Å²) in [6, 6.07) is 4.59. The van der Waals surface area contributed by atoms with E-state index in [0.29, 0.717) is 12.1 Å². The van der Waals surface area contributed by atoms with Gasteiger partial charge in [-0.15, -0.1) is 11.8 Å². The van der Waals surface area contributed by atoms with E-state index in [4.69, 9.17) is 0 Å². The first-order valence-corrected chi connectivity index (χ1v) is 8.22. The number of fused-ring (bicyclic) bond motifs is 1. The highest BCUT2D eigenvalue weighted by Crippen LogP contribution is 2.54. The van der Waals surface area contributed by atoms with Gasteiger partial charge in [0.15, 0.2) is 0 Å². The number of allylic oxidation sites excluding steroid dienone is 1. The van der Waals surface area contributed by atoms with Crippen LogP contribution in [0.3, 0.4) is 0 Å². The topological polar surface area (TPSA) is 67.9 Å². The second kappa shape index (κ2) is 5.14. The first-order chi connectivity index (χ1) is 9.74. The molecule has 1 amide bonds. The lowest BCUT2D eigenvalue weighted by Crippen LogP contribution is -2.51. The third-order valence-corrected chi connectivity index (χ3v) is 5.96. The van der Waals surface area contributed by atoms with E-state index in [1.54, 1.807) is 16.7 Å². The molecule has 2 fully saturated rings. The van der Waals surface area contributed by atoms with Crippen LogP contribution in [0.15, 0.2) is 10.6 Å². The van der Waals surface area contributed by atoms with Gasteiger partial charge >= 0.3 is 0 Å². The van der Waals surface area contributed by atoms with E-state index in [0.717, 1.165) is 49.3 Å². The molecule has 0 aromatic rings. The minimum atomic E-state index is -0.667. The second-order valence-electron chi connectivity index (χ2n) is 5.76. The van der Waals surface area contributed by atoms with Crippen molar-refractivity contribution in [3.8, 4) is 12.1 Å². The van der Waals surface area contributed by atoms with Gasteiger partial charge in [0.25, 0.3) is 0 Å². The molecule has 1 saturated carbocycles. The number of carbonyl (C=O) groups is 1. The van der Waals surface area contributed by atoms with Crippen molar-refractivity contribution in [3.05, 3.63) is 10.6 Å². The van der Waals surface area contributed by atoms with Gasteiger partial charge in [0.1, 0.15) is 5.92 Å². The number of rotatable bonds is 0. The number of carbonyl (C=O) groups excluding carboxylic acids is 1. The molecule has 4 nitrogen and oxygen atoms in total. The van der Waals surface area contributed by atoms with Crippen molar-refractivity contribution in [1.82, 2.24) is 4.90 Å². The summed E-state index contributed by atoms with van der Waals surface area (Å²) >= 11 is 1.62. The number of thioether (sulfide) groups is 1. The van der Waals surface area contributed by atoms with Gasteiger partial charge in [-0.1, -0.05) is 19.3 Å². The molecule has 3 aliphatic rings. The Kier molecular flexibility index (Phi) is 3.48. The summed E-state index contributed by atoms with van der Waals surface area (Å²) in [7, 11) is 0.